The van der Waals surface area contributed by atoms with Gasteiger partial charge in [-0.05, 0) is 74.0 Å². The first-order valence-corrected chi connectivity index (χ1v) is 10.8. The Morgan fingerprint density at radius 3 is 2.13 bits per heavy atom. The normalized spacial score (nSPS) is 10.7. The Morgan fingerprint density at radius 1 is 1.00 bits per heavy atom. The Labute approximate surface area is 180 Å². The molecular formula is C23H24FN3O2S. The van der Waals surface area contributed by atoms with E-state index in [1.54, 1.807) is 12.1 Å². The molecule has 0 spiro atoms. The Bertz CT molecular complexity index is 985. The summed E-state index contributed by atoms with van der Waals surface area (Å²) < 4.78 is 18.6. The number of hydrogen-bond donors (Lipinski definition) is 1. The molecule has 1 aromatic heterocycles. The largest absolute Gasteiger partial charge is 0.457 e. The molecule has 0 saturated heterocycles. The monoisotopic (exact) mass is 425 g/mol. The molecule has 0 saturated carbocycles. The topological polar surface area (TPSA) is 64.1 Å². The van der Waals surface area contributed by atoms with Gasteiger partial charge < -0.3 is 10.1 Å². The van der Waals surface area contributed by atoms with E-state index in [2.05, 4.69) is 15.3 Å². The standard InChI is InChI=1S/C23H24FN3O2S/c1-15-21(16(2)27-23(26-15)30-3)12-13-22(28)25-14-17-4-8-19(9-5-17)29-20-10-6-18(24)7-11-20/h4-11H,12-14H2,1-3H3,(H,25,28). The van der Waals surface area contributed by atoms with Gasteiger partial charge in [-0.15, -0.1) is 0 Å². The molecule has 1 heterocycles. The lowest BCUT2D eigenvalue weighted by molar-refractivity contribution is -0.121. The summed E-state index contributed by atoms with van der Waals surface area (Å²) in [6.07, 6.45) is 2.95. The van der Waals surface area contributed by atoms with E-state index in [0.29, 0.717) is 30.9 Å². The van der Waals surface area contributed by atoms with Gasteiger partial charge in [-0.1, -0.05) is 23.9 Å². The zero-order valence-corrected chi connectivity index (χ0v) is 18.1. The third kappa shape index (κ3) is 6.03. The van der Waals surface area contributed by atoms with E-state index in [0.717, 1.165) is 27.7 Å². The minimum atomic E-state index is -0.303. The van der Waals surface area contributed by atoms with E-state index in [4.69, 9.17) is 4.74 Å². The number of thioether (sulfide) groups is 1. The number of nitrogens with one attached hydrogen (secondary N) is 1. The summed E-state index contributed by atoms with van der Waals surface area (Å²) in [7, 11) is 0. The van der Waals surface area contributed by atoms with Crippen LogP contribution in [0.1, 0.15) is 28.9 Å². The van der Waals surface area contributed by atoms with Crippen LogP contribution >= 0.6 is 11.8 Å². The van der Waals surface area contributed by atoms with Gasteiger partial charge in [-0.2, -0.15) is 0 Å². The molecule has 0 aliphatic heterocycles. The summed E-state index contributed by atoms with van der Waals surface area (Å²) in [5, 5.41) is 3.69. The van der Waals surface area contributed by atoms with E-state index in [-0.39, 0.29) is 11.7 Å². The number of rotatable bonds is 8. The van der Waals surface area contributed by atoms with Crippen molar-refractivity contribution in [2.24, 2.45) is 0 Å². The van der Waals surface area contributed by atoms with Crippen LogP contribution in [0.5, 0.6) is 11.5 Å². The molecule has 0 aliphatic carbocycles. The van der Waals surface area contributed by atoms with Gasteiger partial charge in [-0.3, -0.25) is 4.79 Å². The van der Waals surface area contributed by atoms with Gasteiger partial charge in [0.25, 0.3) is 0 Å². The number of benzene rings is 2. The fourth-order valence-corrected chi connectivity index (χ4v) is 3.46. The maximum Gasteiger partial charge on any atom is 0.220 e. The van der Waals surface area contributed by atoms with Gasteiger partial charge in [0.05, 0.1) is 0 Å². The van der Waals surface area contributed by atoms with Crippen molar-refractivity contribution in [1.29, 1.82) is 0 Å². The number of halogens is 1. The lowest BCUT2D eigenvalue weighted by Crippen LogP contribution is -2.23. The zero-order valence-electron chi connectivity index (χ0n) is 17.2. The molecule has 156 valence electrons. The molecule has 0 atom stereocenters. The average Bonchev–Trinajstić information content (AvgIpc) is 2.74. The number of ether oxygens (including phenoxy) is 1. The number of carbonyl (C=O) groups is 1. The van der Waals surface area contributed by atoms with Gasteiger partial charge in [-0.25, -0.2) is 14.4 Å². The maximum absolute atomic E-state index is 13.0. The summed E-state index contributed by atoms with van der Waals surface area (Å²) in [6.45, 7) is 4.35. The SMILES string of the molecule is CSc1nc(C)c(CCC(=O)NCc2ccc(Oc3ccc(F)cc3)cc2)c(C)n1. The summed E-state index contributed by atoms with van der Waals surface area (Å²) in [5.41, 5.74) is 3.85. The highest BCUT2D eigenvalue weighted by Crippen LogP contribution is 2.22. The molecule has 1 N–H and O–H groups in total. The molecule has 2 aromatic carbocycles. The Hall–Kier alpha value is -2.93. The summed E-state index contributed by atoms with van der Waals surface area (Å²) >= 11 is 1.51. The van der Waals surface area contributed by atoms with E-state index in [1.807, 2.05) is 44.4 Å². The second kappa shape index (κ2) is 10.2. The molecule has 0 radical (unpaired) electrons. The van der Waals surface area contributed by atoms with Crippen molar-refractivity contribution >= 4 is 17.7 Å². The number of aryl methyl sites for hydroxylation is 2. The molecule has 0 unspecified atom stereocenters. The van der Waals surface area contributed by atoms with Crippen molar-refractivity contribution in [3.8, 4) is 11.5 Å². The molecule has 7 heteroatoms. The first-order valence-electron chi connectivity index (χ1n) is 9.62. The number of amides is 1. The molecule has 0 fully saturated rings. The third-order valence-corrected chi connectivity index (χ3v) is 5.19. The van der Waals surface area contributed by atoms with Crippen LogP contribution in [0.3, 0.4) is 0 Å². The molecule has 3 aromatic rings. The van der Waals surface area contributed by atoms with Gasteiger partial charge in [0, 0.05) is 24.4 Å². The molecule has 5 nitrogen and oxygen atoms in total. The maximum atomic E-state index is 13.0. The van der Waals surface area contributed by atoms with Crippen molar-refractivity contribution in [1.82, 2.24) is 15.3 Å². The molecule has 3 rings (SSSR count). The highest BCUT2D eigenvalue weighted by molar-refractivity contribution is 7.98. The van der Waals surface area contributed by atoms with E-state index in [9.17, 15) is 9.18 Å². The van der Waals surface area contributed by atoms with Crippen LogP contribution in [0, 0.1) is 19.7 Å². The number of aromatic nitrogens is 2. The van der Waals surface area contributed by atoms with Crippen molar-refractivity contribution in [2.45, 2.75) is 38.4 Å². The molecule has 30 heavy (non-hydrogen) atoms. The molecular weight excluding hydrogens is 401 g/mol. The first-order chi connectivity index (χ1) is 14.4. The lowest BCUT2D eigenvalue weighted by atomic mass is 10.1. The predicted octanol–water partition coefficient (Wildman–Crippen LogP) is 5.00. The highest BCUT2D eigenvalue weighted by atomic mass is 32.2. The van der Waals surface area contributed by atoms with Crippen LogP contribution in [0.25, 0.3) is 0 Å². The Kier molecular flexibility index (Phi) is 7.41. The van der Waals surface area contributed by atoms with Crippen LogP contribution in [0.2, 0.25) is 0 Å². The number of nitrogens with zero attached hydrogens (tertiary/aromatic N) is 2. The summed E-state index contributed by atoms with van der Waals surface area (Å²) in [4.78, 5) is 21.2. The predicted molar refractivity (Wildman–Crippen MR) is 116 cm³/mol. The summed E-state index contributed by atoms with van der Waals surface area (Å²) in [6, 6.07) is 13.3. The number of hydrogen-bond acceptors (Lipinski definition) is 5. The van der Waals surface area contributed by atoms with E-state index < -0.39 is 0 Å². The molecule has 0 aliphatic rings. The van der Waals surface area contributed by atoms with Gasteiger partial charge in [0.2, 0.25) is 5.91 Å². The second-order valence-electron chi connectivity index (χ2n) is 6.84. The highest BCUT2D eigenvalue weighted by Gasteiger charge is 2.10. The van der Waals surface area contributed by atoms with E-state index in [1.165, 1.54) is 23.9 Å². The quantitative estimate of drug-likeness (QED) is 0.407. The van der Waals surface area contributed by atoms with Crippen LogP contribution in [-0.2, 0) is 17.8 Å². The first kappa shape index (κ1) is 21.8. The van der Waals surface area contributed by atoms with Crippen molar-refractivity contribution in [3.05, 3.63) is 76.9 Å². The van der Waals surface area contributed by atoms with Crippen molar-refractivity contribution in [2.75, 3.05) is 6.26 Å². The van der Waals surface area contributed by atoms with E-state index >= 15 is 0 Å². The minimum absolute atomic E-state index is 0.0191. The van der Waals surface area contributed by atoms with Gasteiger partial charge in [0.15, 0.2) is 5.16 Å². The zero-order chi connectivity index (χ0) is 21.5. The minimum Gasteiger partial charge on any atom is -0.457 e. The molecule has 0 bridgehead atoms. The fraction of sp³-hybridized carbons (Fsp3) is 0.261. The Morgan fingerprint density at radius 2 is 1.57 bits per heavy atom. The van der Waals surface area contributed by atoms with Crippen LogP contribution in [0.15, 0.2) is 53.7 Å². The van der Waals surface area contributed by atoms with Crippen molar-refractivity contribution in [3.63, 3.8) is 0 Å². The second-order valence-corrected chi connectivity index (χ2v) is 7.61. The molecule has 1 amide bonds. The average molecular weight is 426 g/mol. The fourth-order valence-electron chi connectivity index (χ4n) is 3.00. The van der Waals surface area contributed by atoms with Crippen LogP contribution < -0.4 is 10.1 Å². The van der Waals surface area contributed by atoms with Crippen molar-refractivity contribution < 1.29 is 13.9 Å². The lowest BCUT2D eigenvalue weighted by Gasteiger charge is -2.11. The Balaban J connectivity index is 1.48. The number of carbonyl (C=O) groups excluding carboxylic acids is 1. The smallest absolute Gasteiger partial charge is 0.220 e. The van der Waals surface area contributed by atoms with Gasteiger partial charge >= 0.3 is 0 Å². The van der Waals surface area contributed by atoms with Crippen LogP contribution in [0.4, 0.5) is 4.39 Å². The third-order valence-electron chi connectivity index (χ3n) is 4.65. The summed E-state index contributed by atoms with van der Waals surface area (Å²) in [5.74, 6) is 0.895. The van der Waals surface area contributed by atoms with Gasteiger partial charge in [0.1, 0.15) is 17.3 Å². The van der Waals surface area contributed by atoms with Crippen LogP contribution in [-0.4, -0.2) is 22.1 Å².